The van der Waals surface area contributed by atoms with E-state index in [0.717, 1.165) is 0 Å². The van der Waals surface area contributed by atoms with E-state index in [9.17, 15) is 19.5 Å². The molecule has 0 unspecified atom stereocenters. The van der Waals surface area contributed by atoms with E-state index in [1.165, 1.54) is 6.07 Å². The number of carboxylic acids is 1. The summed E-state index contributed by atoms with van der Waals surface area (Å²) in [4.78, 5) is 34.9. The van der Waals surface area contributed by atoms with Gasteiger partial charge in [0.1, 0.15) is 0 Å². The van der Waals surface area contributed by atoms with Crippen molar-refractivity contribution in [1.82, 2.24) is 5.32 Å². The Morgan fingerprint density at radius 1 is 1.12 bits per heavy atom. The van der Waals surface area contributed by atoms with Gasteiger partial charge in [-0.15, -0.1) is 0 Å². The third kappa shape index (κ3) is 3.87. The Labute approximate surface area is 140 Å². The lowest BCUT2D eigenvalue weighted by Gasteiger charge is -2.12. The Bertz CT molecular complexity index is 781. The minimum atomic E-state index is -1.15. The van der Waals surface area contributed by atoms with Gasteiger partial charge in [0.05, 0.1) is 5.56 Å². The van der Waals surface area contributed by atoms with Gasteiger partial charge in [-0.25, -0.2) is 4.79 Å². The van der Waals surface area contributed by atoms with Gasteiger partial charge >= 0.3 is 5.97 Å². The first kappa shape index (κ1) is 17.4. The number of carbonyl (C=O) groups excluding carboxylic acids is 2. The highest BCUT2D eigenvalue weighted by molar-refractivity contribution is 6.03. The number of nitrogens with one attached hydrogen (secondary N) is 1. The minimum absolute atomic E-state index is 0.0125. The van der Waals surface area contributed by atoms with Crippen LogP contribution in [-0.2, 0) is 0 Å². The van der Waals surface area contributed by atoms with Crippen molar-refractivity contribution in [3.8, 4) is 11.1 Å². The molecule has 5 heteroatoms. The molecule has 0 saturated heterocycles. The Hall–Kier alpha value is -2.95. The molecule has 2 aromatic rings. The Morgan fingerprint density at radius 2 is 1.83 bits per heavy atom. The quantitative estimate of drug-likeness (QED) is 0.799. The standard InChI is InChI=1S/C19H19NO4/c1-12(2)10-20-18(22)13-7-8-16(17(9-13)19(23)24)15-6-4-3-5-14(15)11-21/h3-9,11-12H,10H2,1-2H3,(H,20,22)(H,23,24). The van der Waals surface area contributed by atoms with Gasteiger partial charge in [-0.05, 0) is 29.2 Å². The number of hydrogen-bond acceptors (Lipinski definition) is 3. The molecule has 0 heterocycles. The summed E-state index contributed by atoms with van der Waals surface area (Å²) in [5.41, 5.74) is 1.60. The molecule has 0 aliphatic carbocycles. The van der Waals surface area contributed by atoms with Gasteiger partial charge in [-0.1, -0.05) is 44.2 Å². The third-order valence-corrected chi connectivity index (χ3v) is 3.56. The second kappa shape index (κ2) is 7.55. The number of carboxylic acid groups (broad SMARTS) is 1. The maximum absolute atomic E-state index is 12.1. The maximum Gasteiger partial charge on any atom is 0.336 e. The fourth-order valence-electron chi connectivity index (χ4n) is 2.34. The molecular weight excluding hydrogens is 306 g/mol. The molecule has 0 radical (unpaired) electrons. The summed E-state index contributed by atoms with van der Waals surface area (Å²) in [6.45, 7) is 4.46. The van der Waals surface area contributed by atoms with Crippen LogP contribution in [0, 0.1) is 5.92 Å². The molecular formula is C19H19NO4. The molecule has 0 saturated carbocycles. The number of benzene rings is 2. The van der Waals surface area contributed by atoms with Gasteiger partial charge in [0.25, 0.3) is 5.91 Å². The van der Waals surface area contributed by atoms with Crippen LogP contribution in [0.25, 0.3) is 11.1 Å². The van der Waals surface area contributed by atoms with Crippen LogP contribution in [0.5, 0.6) is 0 Å². The molecule has 0 atom stereocenters. The largest absolute Gasteiger partial charge is 0.478 e. The Kier molecular flexibility index (Phi) is 5.47. The molecule has 2 aromatic carbocycles. The van der Waals surface area contributed by atoms with E-state index in [2.05, 4.69) is 5.32 Å². The maximum atomic E-state index is 12.1. The van der Waals surface area contributed by atoms with Crippen molar-refractivity contribution in [2.45, 2.75) is 13.8 Å². The van der Waals surface area contributed by atoms with Crippen molar-refractivity contribution in [1.29, 1.82) is 0 Å². The van der Waals surface area contributed by atoms with E-state index in [1.807, 2.05) is 13.8 Å². The smallest absolute Gasteiger partial charge is 0.336 e. The van der Waals surface area contributed by atoms with Crippen LogP contribution in [-0.4, -0.2) is 29.8 Å². The molecule has 0 bridgehead atoms. The first-order valence-corrected chi connectivity index (χ1v) is 7.64. The highest BCUT2D eigenvalue weighted by Gasteiger charge is 2.17. The van der Waals surface area contributed by atoms with E-state index >= 15 is 0 Å². The normalized spacial score (nSPS) is 10.5. The highest BCUT2D eigenvalue weighted by atomic mass is 16.4. The molecule has 0 aliphatic heterocycles. The topological polar surface area (TPSA) is 83.5 Å². The monoisotopic (exact) mass is 325 g/mol. The van der Waals surface area contributed by atoms with Gasteiger partial charge in [0.15, 0.2) is 6.29 Å². The molecule has 2 rings (SSSR count). The lowest BCUT2D eigenvalue weighted by Crippen LogP contribution is -2.27. The highest BCUT2D eigenvalue weighted by Crippen LogP contribution is 2.27. The van der Waals surface area contributed by atoms with Gasteiger partial charge in [0, 0.05) is 17.7 Å². The van der Waals surface area contributed by atoms with Gasteiger partial charge in [0.2, 0.25) is 0 Å². The molecule has 0 fully saturated rings. The Morgan fingerprint density at radius 3 is 2.46 bits per heavy atom. The molecule has 2 N–H and O–H groups in total. The van der Waals surface area contributed by atoms with Crippen molar-refractivity contribution >= 4 is 18.2 Å². The van der Waals surface area contributed by atoms with Crippen LogP contribution >= 0.6 is 0 Å². The van der Waals surface area contributed by atoms with Crippen LogP contribution in [0.2, 0.25) is 0 Å². The van der Waals surface area contributed by atoms with Crippen molar-refractivity contribution < 1.29 is 19.5 Å². The summed E-state index contributed by atoms with van der Waals surface area (Å²) in [7, 11) is 0. The van der Waals surface area contributed by atoms with Crippen molar-refractivity contribution in [2.75, 3.05) is 6.54 Å². The van der Waals surface area contributed by atoms with Crippen LogP contribution in [0.4, 0.5) is 0 Å². The summed E-state index contributed by atoms with van der Waals surface area (Å²) in [5, 5.41) is 12.3. The number of rotatable bonds is 6. The molecule has 124 valence electrons. The Balaban J connectivity index is 2.46. The van der Waals surface area contributed by atoms with Gasteiger partial charge in [-0.3, -0.25) is 9.59 Å². The van der Waals surface area contributed by atoms with E-state index in [0.29, 0.717) is 35.4 Å². The zero-order valence-corrected chi connectivity index (χ0v) is 13.6. The van der Waals surface area contributed by atoms with E-state index in [1.54, 1.807) is 36.4 Å². The lowest BCUT2D eigenvalue weighted by molar-refractivity contribution is 0.0697. The lowest BCUT2D eigenvalue weighted by atomic mass is 9.94. The van der Waals surface area contributed by atoms with Crippen LogP contribution in [0.1, 0.15) is 44.9 Å². The van der Waals surface area contributed by atoms with E-state index in [4.69, 9.17) is 0 Å². The molecule has 1 amide bonds. The fraction of sp³-hybridized carbons (Fsp3) is 0.211. The molecule has 24 heavy (non-hydrogen) atoms. The zero-order valence-electron chi connectivity index (χ0n) is 13.6. The average Bonchev–Trinajstić information content (AvgIpc) is 2.58. The average molecular weight is 325 g/mol. The number of carbonyl (C=O) groups is 3. The van der Waals surface area contributed by atoms with E-state index in [-0.39, 0.29) is 17.0 Å². The predicted molar refractivity (Wildman–Crippen MR) is 91.4 cm³/mol. The first-order valence-electron chi connectivity index (χ1n) is 7.64. The third-order valence-electron chi connectivity index (χ3n) is 3.56. The van der Waals surface area contributed by atoms with Crippen LogP contribution in [0.15, 0.2) is 42.5 Å². The molecule has 0 spiro atoms. The number of aldehydes is 1. The van der Waals surface area contributed by atoms with Crippen molar-refractivity contribution in [3.05, 3.63) is 59.2 Å². The SMILES string of the molecule is CC(C)CNC(=O)c1ccc(-c2ccccc2C=O)c(C(=O)O)c1. The van der Waals surface area contributed by atoms with Crippen molar-refractivity contribution in [2.24, 2.45) is 5.92 Å². The summed E-state index contributed by atoms with van der Waals surface area (Å²) in [6, 6.07) is 11.2. The number of hydrogen-bond donors (Lipinski definition) is 2. The zero-order chi connectivity index (χ0) is 17.7. The molecule has 5 nitrogen and oxygen atoms in total. The van der Waals surface area contributed by atoms with E-state index < -0.39 is 5.97 Å². The van der Waals surface area contributed by atoms with Crippen LogP contribution < -0.4 is 5.32 Å². The summed E-state index contributed by atoms with van der Waals surface area (Å²) in [6.07, 6.45) is 0.685. The predicted octanol–water partition coefficient (Wildman–Crippen LogP) is 3.25. The second-order valence-corrected chi connectivity index (χ2v) is 5.87. The summed E-state index contributed by atoms with van der Waals surface area (Å²) < 4.78 is 0. The van der Waals surface area contributed by atoms with Gasteiger partial charge in [-0.2, -0.15) is 0 Å². The molecule has 0 aliphatic rings. The number of aromatic carboxylic acids is 1. The summed E-state index contributed by atoms with van der Waals surface area (Å²) >= 11 is 0. The minimum Gasteiger partial charge on any atom is -0.478 e. The van der Waals surface area contributed by atoms with Gasteiger partial charge < -0.3 is 10.4 Å². The van der Waals surface area contributed by atoms with Crippen LogP contribution in [0.3, 0.4) is 0 Å². The number of amides is 1. The van der Waals surface area contributed by atoms with Crippen molar-refractivity contribution in [3.63, 3.8) is 0 Å². The summed E-state index contributed by atoms with van der Waals surface area (Å²) in [5.74, 6) is -1.17. The first-order chi connectivity index (χ1) is 11.4. The second-order valence-electron chi connectivity index (χ2n) is 5.87. The molecule has 0 aromatic heterocycles. The fourth-order valence-corrected chi connectivity index (χ4v) is 2.34.